The molecule has 1 unspecified atom stereocenters. The Kier molecular flexibility index (Phi) is 13.4. The van der Waals surface area contributed by atoms with E-state index in [9.17, 15) is 0 Å². The minimum absolute atomic E-state index is 0.779. The summed E-state index contributed by atoms with van der Waals surface area (Å²) in [4.78, 5) is 0. The molecular weight excluding hydrogens is 218 g/mol. The quantitative estimate of drug-likeness (QED) is 0.435. The van der Waals surface area contributed by atoms with Crippen molar-refractivity contribution in [3.8, 4) is 0 Å². The molecule has 0 aliphatic rings. The van der Waals surface area contributed by atoms with Gasteiger partial charge in [0, 0.05) is 0 Å². The standard InChI is InChI=1S/C17H37N/c1-5-7-8-9-10-11-13-17(12-6-2)15-18-14-16(3)4/h16-18H,5-15H2,1-4H3. The molecule has 1 nitrogen and oxygen atoms in total. The summed E-state index contributed by atoms with van der Waals surface area (Å²) in [5.41, 5.74) is 0. The van der Waals surface area contributed by atoms with E-state index in [0.717, 1.165) is 11.8 Å². The third-order valence-electron chi connectivity index (χ3n) is 3.65. The molecule has 0 aliphatic heterocycles. The molecule has 0 bridgehead atoms. The zero-order chi connectivity index (χ0) is 13.6. The van der Waals surface area contributed by atoms with E-state index in [4.69, 9.17) is 0 Å². The van der Waals surface area contributed by atoms with Crippen LogP contribution in [0.1, 0.15) is 85.5 Å². The monoisotopic (exact) mass is 255 g/mol. The van der Waals surface area contributed by atoms with E-state index in [-0.39, 0.29) is 0 Å². The van der Waals surface area contributed by atoms with Crippen molar-refractivity contribution in [1.29, 1.82) is 0 Å². The van der Waals surface area contributed by atoms with Crippen molar-refractivity contribution in [2.45, 2.75) is 85.5 Å². The fourth-order valence-electron chi connectivity index (χ4n) is 2.55. The van der Waals surface area contributed by atoms with Gasteiger partial charge in [-0.3, -0.25) is 0 Å². The third kappa shape index (κ3) is 12.4. The van der Waals surface area contributed by atoms with Crippen LogP contribution in [0.4, 0.5) is 0 Å². The molecule has 0 aliphatic carbocycles. The summed E-state index contributed by atoms with van der Waals surface area (Å²) in [5, 5.41) is 3.63. The molecule has 0 saturated heterocycles. The SMILES string of the molecule is CCCCCCCCC(CCC)CNCC(C)C. The van der Waals surface area contributed by atoms with Gasteiger partial charge < -0.3 is 5.32 Å². The largest absolute Gasteiger partial charge is 0.316 e. The molecular formula is C17H37N. The molecule has 0 spiro atoms. The van der Waals surface area contributed by atoms with E-state index in [1.807, 2.05) is 0 Å². The first-order valence-electron chi connectivity index (χ1n) is 8.41. The van der Waals surface area contributed by atoms with Gasteiger partial charge in [-0.1, -0.05) is 72.6 Å². The Labute approximate surface area is 116 Å². The third-order valence-corrected chi connectivity index (χ3v) is 3.65. The summed E-state index contributed by atoms with van der Waals surface area (Å²) in [6, 6.07) is 0. The molecule has 110 valence electrons. The van der Waals surface area contributed by atoms with E-state index in [2.05, 4.69) is 33.0 Å². The van der Waals surface area contributed by atoms with Gasteiger partial charge >= 0.3 is 0 Å². The van der Waals surface area contributed by atoms with Crippen LogP contribution >= 0.6 is 0 Å². The first-order chi connectivity index (χ1) is 8.70. The maximum atomic E-state index is 3.63. The molecule has 0 aromatic rings. The highest BCUT2D eigenvalue weighted by Gasteiger charge is 2.07. The lowest BCUT2D eigenvalue weighted by Gasteiger charge is -2.17. The summed E-state index contributed by atoms with van der Waals surface area (Å²) in [7, 11) is 0. The van der Waals surface area contributed by atoms with E-state index in [1.165, 1.54) is 70.9 Å². The average molecular weight is 255 g/mol. The van der Waals surface area contributed by atoms with Gasteiger partial charge in [0.1, 0.15) is 0 Å². The topological polar surface area (TPSA) is 12.0 Å². The first-order valence-corrected chi connectivity index (χ1v) is 8.41. The number of nitrogens with one attached hydrogen (secondary N) is 1. The summed E-state index contributed by atoms with van der Waals surface area (Å²) in [5.74, 6) is 1.70. The zero-order valence-corrected chi connectivity index (χ0v) is 13.4. The van der Waals surface area contributed by atoms with Crippen LogP contribution < -0.4 is 5.32 Å². The Morgan fingerprint density at radius 1 is 0.722 bits per heavy atom. The van der Waals surface area contributed by atoms with E-state index >= 15 is 0 Å². The second-order valence-corrected chi connectivity index (χ2v) is 6.26. The Morgan fingerprint density at radius 2 is 1.39 bits per heavy atom. The lowest BCUT2D eigenvalue weighted by molar-refractivity contribution is 0.384. The Morgan fingerprint density at radius 3 is 2.00 bits per heavy atom. The van der Waals surface area contributed by atoms with E-state index in [0.29, 0.717) is 0 Å². The normalized spacial score (nSPS) is 13.2. The molecule has 0 radical (unpaired) electrons. The summed E-state index contributed by atoms with van der Waals surface area (Å²) < 4.78 is 0. The van der Waals surface area contributed by atoms with Crippen molar-refractivity contribution in [2.24, 2.45) is 11.8 Å². The molecule has 1 atom stereocenters. The van der Waals surface area contributed by atoms with Crippen LogP contribution in [-0.2, 0) is 0 Å². The maximum Gasteiger partial charge on any atom is -0.00204 e. The molecule has 0 aromatic heterocycles. The van der Waals surface area contributed by atoms with Crippen LogP contribution in [0.3, 0.4) is 0 Å². The second-order valence-electron chi connectivity index (χ2n) is 6.26. The number of hydrogen-bond donors (Lipinski definition) is 1. The summed E-state index contributed by atoms with van der Waals surface area (Å²) in [6.07, 6.45) is 12.7. The van der Waals surface area contributed by atoms with Crippen LogP contribution in [0.15, 0.2) is 0 Å². The number of hydrogen-bond acceptors (Lipinski definition) is 1. The van der Waals surface area contributed by atoms with Crippen LogP contribution in [0.2, 0.25) is 0 Å². The smallest absolute Gasteiger partial charge is 0.00204 e. The Balaban J connectivity index is 3.50. The van der Waals surface area contributed by atoms with Gasteiger partial charge in [-0.15, -0.1) is 0 Å². The molecule has 0 aromatic carbocycles. The van der Waals surface area contributed by atoms with Crippen molar-refractivity contribution >= 4 is 0 Å². The highest BCUT2D eigenvalue weighted by Crippen LogP contribution is 2.16. The first kappa shape index (κ1) is 18.0. The van der Waals surface area contributed by atoms with Crippen LogP contribution in [0, 0.1) is 11.8 Å². The van der Waals surface area contributed by atoms with Gasteiger partial charge in [-0.25, -0.2) is 0 Å². The average Bonchev–Trinajstić information content (AvgIpc) is 2.33. The van der Waals surface area contributed by atoms with E-state index in [1.54, 1.807) is 0 Å². The molecule has 0 rings (SSSR count). The Hall–Kier alpha value is -0.0400. The van der Waals surface area contributed by atoms with Gasteiger partial charge in [-0.05, 0) is 37.8 Å². The predicted octanol–water partition coefficient (Wildman–Crippen LogP) is 5.40. The highest BCUT2D eigenvalue weighted by molar-refractivity contribution is 4.63. The van der Waals surface area contributed by atoms with E-state index < -0.39 is 0 Å². The van der Waals surface area contributed by atoms with Crippen molar-refractivity contribution in [3.63, 3.8) is 0 Å². The zero-order valence-electron chi connectivity index (χ0n) is 13.4. The molecule has 1 N–H and O–H groups in total. The molecule has 0 saturated carbocycles. The summed E-state index contributed by atoms with van der Waals surface area (Å²) >= 11 is 0. The van der Waals surface area contributed by atoms with Crippen molar-refractivity contribution in [1.82, 2.24) is 5.32 Å². The van der Waals surface area contributed by atoms with Gasteiger partial charge in [0.05, 0.1) is 0 Å². The van der Waals surface area contributed by atoms with Gasteiger partial charge in [0.25, 0.3) is 0 Å². The lowest BCUT2D eigenvalue weighted by atomic mass is 9.95. The van der Waals surface area contributed by atoms with Crippen LogP contribution in [0.25, 0.3) is 0 Å². The second kappa shape index (κ2) is 13.4. The number of rotatable bonds is 13. The molecule has 0 fully saturated rings. The van der Waals surface area contributed by atoms with Gasteiger partial charge in [0.15, 0.2) is 0 Å². The minimum atomic E-state index is 0.779. The number of unbranched alkanes of at least 4 members (excludes halogenated alkanes) is 5. The van der Waals surface area contributed by atoms with Crippen LogP contribution in [-0.4, -0.2) is 13.1 Å². The van der Waals surface area contributed by atoms with Crippen molar-refractivity contribution in [3.05, 3.63) is 0 Å². The Bertz CT molecular complexity index is 154. The fraction of sp³-hybridized carbons (Fsp3) is 1.00. The fourth-order valence-corrected chi connectivity index (χ4v) is 2.55. The maximum absolute atomic E-state index is 3.63. The molecule has 1 heteroatoms. The van der Waals surface area contributed by atoms with Crippen LogP contribution in [0.5, 0.6) is 0 Å². The van der Waals surface area contributed by atoms with Crippen molar-refractivity contribution < 1.29 is 0 Å². The minimum Gasteiger partial charge on any atom is -0.316 e. The lowest BCUT2D eigenvalue weighted by Crippen LogP contribution is -2.26. The molecule has 0 amide bonds. The highest BCUT2D eigenvalue weighted by atomic mass is 14.9. The molecule has 18 heavy (non-hydrogen) atoms. The van der Waals surface area contributed by atoms with Crippen molar-refractivity contribution in [2.75, 3.05) is 13.1 Å². The summed E-state index contributed by atoms with van der Waals surface area (Å²) in [6.45, 7) is 11.6. The predicted molar refractivity (Wildman–Crippen MR) is 84.1 cm³/mol. The van der Waals surface area contributed by atoms with Gasteiger partial charge in [0.2, 0.25) is 0 Å². The molecule has 0 heterocycles. The van der Waals surface area contributed by atoms with Gasteiger partial charge in [-0.2, -0.15) is 0 Å².